The molecule has 2 aromatic rings. The molecule has 0 aliphatic carbocycles. The molecular formula is C18H25N5O2. The molecule has 1 aliphatic rings. The normalized spacial score (nSPS) is 15.8. The fourth-order valence-corrected chi connectivity index (χ4v) is 3.21. The molecule has 1 aliphatic heterocycles. The van der Waals surface area contributed by atoms with Crippen molar-refractivity contribution in [2.75, 3.05) is 26.2 Å². The van der Waals surface area contributed by atoms with Gasteiger partial charge in [-0.05, 0) is 51.0 Å². The zero-order valence-corrected chi connectivity index (χ0v) is 14.5. The quantitative estimate of drug-likeness (QED) is 0.797. The van der Waals surface area contributed by atoms with E-state index in [1.807, 2.05) is 0 Å². The number of hydrogen-bond donors (Lipinski definition) is 1. The Balaban J connectivity index is 1.46. The molecule has 7 heteroatoms. The summed E-state index contributed by atoms with van der Waals surface area (Å²) in [4.78, 5) is 26.8. The Morgan fingerprint density at radius 3 is 2.68 bits per heavy atom. The predicted octanol–water partition coefficient (Wildman–Crippen LogP) is 1.17. The summed E-state index contributed by atoms with van der Waals surface area (Å²) >= 11 is 0. The van der Waals surface area contributed by atoms with Gasteiger partial charge in [0, 0.05) is 6.54 Å². The number of benzene rings is 1. The lowest BCUT2D eigenvalue weighted by atomic mass is 10.2. The number of rotatable bonds is 6. The van der Waals surface area contributed by atoms with Gasteiger partial charge in [0.2, 0.25) is 5.91 Å². The molecule has 0 saturated carbocycles. The topological polar surface area (TPSA) is 80.1 Å². The summed E-state index contributed by atoms with van der Waals surface area (Å²) in [6.07, 6.45) is 6.12. The maximum atomic E-state index is 12.3. The zero-order chi connectivity index (χ0) is 17.5. The van der Waals surface area contributed by atoms with Gasteiger partial charge < -0.3 is 10.2 Å². The molecule has 1 aromatic heterocycles. The van der Waals surface area contributed by atoms with E-state index in [2.05, 4.69) is 20.5 Å². The van der Waals surface area contributed by atoms with Crippen molar-refractivity contribution >= 4 is 16.8 Å². The van der Waals surface area contributed by atoms with Crippen molar-refractivity contribution in [2.24, 2.45) is 0 Å². The van der Waals surface area contributed by atoms with E-state index >= 15 is 0 Å². The van der Waals surface area contributed by atoms with Gasteiger partial charge in [0.05, 0.1) is 5.39 Å². The highest BCUT2D eigenvalue weighted by atomic mass is 16.2. The number of hydrogen-bond acceptors (Lipinski definition) is 5. The predicted molar refractivity (Wildman–Crippen MR) is 96.3 cm³/mol. The third kappa shape index (κ3) is 4.85. The summed E-state index contributed by atoms with van der Waals surface area (Å²) in [6, 6.07) is 7.01. The molecule has 3 rings (SSSR count). The second-order valence-electron chi connectivity index (χ2n) is 6.53. The molecule has 1 fully saturated rings. The first kappa shape index (κ1) is 17.5. The van der Waals surface area contributed by atoms with Gasteiger partial charge >= 0.3 is 0 Å². The van der Waals surface area contributed by atoms with Crippen LogP contribution in [0, 0.1) is 0 Å². The van der Waals surface area contributed by atoms with Crippen LogP contribution in [0.15, 0.2) is 29.1 Å². The van der Waals surface area contributed by atoms with Gasteiger partial charge in [-0.15, -0.1) is 5.10 Å². The Hall–Kier alpha value is -2.28. The molecular weight excluding hydrogens is 318 g/mol. The average molecular weight is 343 g/mol. The van der Waals surface area contributed by atoms with E-state index < -0.39 is 0 Å². The first-order chi connectivity index (χ1) is 12.2. The molecule has 0 radical (unpaired) electrons. The summed E-state index contributed by atoms with van der Waals surface area (Å²) in [7, 11) is 0. The van der Waals surface area contributed by atoms with Crippen molar-refractivity contribution in [3.8, 4) is 0 Å². The van der Waals surface area contributed by atoms with E-state index in [0.717, 1.165) is 30.7 Å². The maximum absolute atomic E-state index is 12.3. The Morgan fingerprint density at radius 2 is 1.88 bits per heavy atom. The van der Waals surface area contributed by atoms with E-state index in [1.165, 1.54) is 25.7 Å². The number of nitrogens with zero attached hydrogens (tertiary/aromatic N) is 4. The highest BCUT2D eigenvalue weighted by Gasteiger charge is 2.10. The number of amides is 1. The molecule has 0 spiro atoms. The average Bonchev–Trinajstić information content (AvgIpc) is 2.90. The van der Waals surface area contributed by atoms with E-state index in [-0.39, 0.29) is 18.0 Å². The van der Waals surface area contributed by atoms with Gasteiger partial charge in [0.25, 0.3) is 5.56 Å². The number of fused-ring (bicyclic) bond motifs is 1. The van der Waals surface area contributed by atoms with Crippen LogP contribution in [0.2, 0.25) is 0 Å². The van der Waals surface area contributed by atoms with Crippen molar-refractivity contribution < 1.29 is 4.79 Å². The van der Waals surface area contributed by atoms with Gasteiger partial charge in [-0.2, -0.15) is 0 Å². The molecule has 25 heavy (non-hydrogen) atoms. The van der Waals surface area contributed by atoms with Crippen LogP contribution in [-0.4, -0.2) is 52.0 Å². The van der Waals surface area contributed by atoms with Crippen LogP contribution in [0.25, 0.3) is 10.9 Å². The molecule has 1 saturated heterocycles. The van der Waals surface area contributed by atoms with Crippen molar-refractivity contribution in [3.63, 3.8) is 0 Å². The summed E-state index contributed by atoms with van der Waals surface area (Å²) in [5.74, 6) is -0.206. The van der Waals surface area contributed by atoms with Crippen LogP contribution in [0.3, 0.4) is 0 Å². The van der Waals surface area contributed by atoms with Crippen LogP contribution < -0.4 is 10.9 Å². The lowest BCUT2D eigenvalue weighted by Crippen LogP contribution is -2.35. The van der Waals surface area contributed by atoms with Crippen LogP contribution in [0.1, 0.15) is 32.1 Å². The highest BCUT2D eigenvalue weighted by molar-refractivity contribution is 5.78. The summed E-state index contributed by atoms with van der Waals surface area (Å²) in [5, 5.41) is 11.2. The second kappa shape index (κ2) is 8.71. The first-order valence-corrected chi connectivity index (χ1v) is 9.05. The van der Waals surface area contributed by atoms with Crippen molar-refractivity contribution in [1.82, 2.24) is 25.2 Å². The molecule has 0 unspecified atom stereocenters. The number of carbonyl (C=O) groups is 1. The van der Waals surface area contributed by atoms with Crippen molar-refractivity contribution in [2.45, 2.75) is 38.6 Å². The maximum Gasteiger partial charge on any atom is 0.278 e. The van der Waals surface area contributed by atoms with Gasteiger partial charge in [0.1, 0.15) is 12.1 Å². The van der Waals surface area contributed by atoms with E-state index in [4.69, 9.17) is 0 Å². The Morgan fingerprint density at radius 1 is 1.12 bits per heavy atom. The largest absolute Gasteiger partial charge is 0.354 e. The van der Waals surface area contributed by atoms with Crippen LogP contribution >= 0.6 is 0 Å². The van der Waals surface area contributed by atoms with Gasteiger partial charge in [-0.25, -0.2) is 4.68 Å². The Kier molecular flexibility index (Phi) is 6.11. The number of carbonyl (C=O) groups excluding carboxylic acids is 1. The van der Waals surface area contributed by atoms with Crippen LogP contribution in [0.4, 0.5) is 0 Å². The standard InChI is InChI=1S/C18H25N5O2/c24-17(19-10-7-13-22-11-5-1-2-6-12-22)14-23-18(25)15-8-3-4-9-16(15)20-21-23/h3-4,8-9H,1-2,5-7,10-14H2,(H,19,24). The van der Waals surface area contributed by atoms with Gasteiger partial charge in [-0.1, -0.05) is 30.2 Å². The minimum atomic E-state index is -0.287. The third-order valence-electron chi connectivity index (χ3n) is 4.59. The van der Waals surface area contributed by atoms with Crippen LogP contribution in [0.5, 0.6) is 0 Å². The Labute approximate surface area is 147 Å². The lowest BCUT2D eigenvalue weighted by molar-refractivity contribution is -0.121. The van der Waals surface area contributed by atoms with Crippen molar-refractivity contribution in [1.29, 1.82) is 0 Å². The minimum Gasteiger partial charge on any atom is -0.354 e. The smallest absolute Gasteiger partial charge is 0.278 e. The fraction of sp³-hybridized carbons (Fsp3) is 0.556. The summed E-state index contributed by atoms with van der Waals surface area (Å²) in [6.45, 7) is 3.85. The minimum absolute atomic E-state index is 0.0968. The van der Waals surface area contributed by atoms with Gasteiger partial charge in [-0.3, -0.25) is 9.59 Å². The lowest BCUT2D eigenvalue weighted by Gasteiger charge is -2.19. The van der Waals surface area contributed by atoms with Gasteiger partial charge in [0.15, 0.2) is 0 Å². The number of aromatic nitrogens is 3. The SMILES string of the molecule is O=C(Cn1nnc2ccccc2c1=O)NCCCN1CCCCCC1. The molecule has 1 aromatic carbocycles. The monoisotopic (exact) mass is 343 g/mol. The second-order valence-corrected chi connectivity index (χ2v) is 6.53. The molecule has 0 atom stereocenters. The summed E-state index contributed by atoms with van der Waals surface area (Å²) in [5.41, 5.74) is 0.256. The zero-order valence-electron chi connectivity index (χ0n) is 14.5. The number of likely N-dealkylation sites (tertiary alicyclic amines) is 1. The van der Waals surface area contributed by atoms with Crippen LogP contribution in [-0.2, 0) is 11.3 Å². The number of nitrogens with one attached hydrogen (secondary N) is 1. The third-order valence-corrected chi connectivity index (χ3v) is 4.59. The Bertz CT molecular complexity index is 765. The van der Waals surface area contributed by atoms with E-state index in [9.17, 15) is 9.59 Å². The first-order valence-electron chi connectivity index (χ1n) is 9.05. The molecule has 134 valence electrons. The van der Waals surface area contributed by atoms with E-state index in [1.54, 1.807) is 24.3 Å². The van der Waals surface area contributed by atoms with Crippen molar-refractivity contribution in [3.05, 3.63) is 34.6 Å². The molecule has 2 heterocycles. The molecule has 0 bridgehead atoms. The van der Waals surface area contributed by atoms with E-state index in [0.29, 0.717) is 17.4 Å². The molecule has 1 amide bonds. The highest BCUT2D eigenvalue weighted by Crippen LogP contribution is 2.09. The fourth-order valence-electron chi connectivity index (χ4n) is 3.21. The molecule has 7 nitrogen and oxygen atoms in total. The summed E-state index contributed by atoms with van der Waals surface area (Å²) < 4.78 is 1.12. The molecule has 1 N–H and O–H groups in total.